The highest BCUT2D eigenvalue weighted by atomic mass is 79.9. The predicted molar refractivity (Wildman–Crippen MR) is 195 cm³/mol. The largest absolute Gasteiger partial charge is 0.317 e. The lowest BCUT2D eigenvalue weighted by molar-refractivity contribution is 0.0925. The SMILES string of the molecule is C=C(C)C(C)CC.CC1=CC(C2CCNCC2)=CCC1C.CC1CCCC1.CCCc1cccc(Br)c1C(=O)C(C)CC. The first-order chi connectivity index (χ1) is 20.5. The molecule has 3 aliphatic rings. The molecule has 0 amide bonds. The molecule has 244 valence electrons. The summed E-state index contributed by atoms with van der Waals surface area (Å²) in [5.74, 6) is 3.72. The molecule has 0 radical (unpaired) electrons. The van der Waals surface area contributed by atoms with Crippen molar-refractivity contribution in [3.63, 3.8) is 0 Å². The van der Waals surface area contributed by atoms with Gasteiger partial charge in [-0.05, 0) is 106 Å². The molecule has 1 aromatic carbocycles. The fourth-order valence-electron chi connectivity index (χ4n) is 5.64. The molecular weight excluding hydrogens is 590 g/mol. The van der Waals surface area contributed by atoms with Gasteiger partial charge in [0.05, 0.1) is 0 Å². The summed E-state index contributed by atoms with van der Waals surface area (Å²) in [6, 6.07) is 6.01. The standard InChI is InChI=1S/C14H19BrO.C13H21N.C7H14.C6H12/c1-4-7-11-8-6-9-12(15)13(11)14(16)10(3)5-2;1-10-3-4-13(9-11(10)2)12-5-7-14-8-6-12;1-5-7(4)6(2)3;1-6-4-2-3-5-6/h6,8-10H,4-5,7H2,1-3H3;4,9-10,12,14H,3,5-8H2,1-2H3;7H,2,5H2,1,3-4H3;6H,2-5H2,1H3. The first-order valence-corrected chi connectivity index (χ1v) is 18.3. The van der Waals surface area contributed by atoms with Crippen molar-refractivity contribution >= 4 is 21.7 Å². The molecule has 0 bridgehead atoms. The van der Waals surface area contributed by atoms with Gasteiger partial charge in [0.25, 0.3) is 0 Å². The number of ketones is 1. The normalized spacial score (nSPS) is 20.1. The van der Waals surface area contributed by atoms with Gasteiger partial charge in [0.15, 0.2) is 5.78 Å². The van der Waals surface area contributed by atoms with Crippen molar-refractivity contribution in [3.05, 3.63) is 69.2 Å². The minimum absolute atomic E-state index is 0.106. The monoisotopic (exact) mass is 655 g/mol. The smallest absolute Gasteiger partial charge is 0.167 e. The molecule has 2 nitrogen and oxygen atoms in total. The number of benzene rings is 1. The molecular formula is C40H66BrNO. The lowest BCUT2D eigenvalue weighted by Gasteiger charge is -2.27. The molecule has 43 heavy (non-hydrogen) atoms. The van der Waals surface area contributed by atoms with E-state index in [0.29, 0.717) is 5.92 Å². The molecule has 0 aromatic heterocycles. The van der Waals surface area contributed by atoms with Crippen LogP contribution >= 0.6 is 15.9 Å². The van der Waals surface area contributed by atoms with Crippen molar-refractivity contribution in [2.24, 2.45) is 29.6 Å². The number of piperidine rings is 1. The summed E-state index contributed by atoms with van der Waals surface area (Å²) >= 11 is 3.49. The van der Waals surface area contributed by atoms with Gasteiger partial charge in [-0.3, -0.25) is 4.79 Å². The topological polar surface area (TPSA) is 29.1 Å². The van der Waals surface area contributed by atoms with Crippen molar-refractivity contribution < 1.29 is 4.79 Å². The maximum Gasteiger partial charge on any atom is 0.167 e. The summed E-state index contributed by atoms with van der Waals surface area (Å²) in [5.41, 5.74) is 6.53. The predicted octanol–water partition coefficient (Wildman–Crippen LogP) is 12.3. The van der Waals surface area contributed by atoms with Crippen LogP contribution in [0.2, 0.25) is 0 Å². The first-order valence-electron chi connectivity index (χ1n) is 17.5. The lowest BCUT2D eigenvalue weighted by atomic mass is 9.82. The Morgan fingerprint density at radius 3 is 2.05 bits per heavy atom. The van der Waals surface area contributed by atoms with E-state index in [9.17, 15) is 4.79 Å². The summed E-state index contributed by atoms with van der Waals surface area (Å²) < 4.78 is 0.934. The Morgan fingerprint density at radius 1 is 1.00 bits per heavy atom. The van der Waals surface area contributed by atoms with Crippen LogP contribution < -0.4 is 5.32 Å². The number of carbonyl (C=O) groups is 1. The minimum Gasteiger partial charge on any atom is -0.317 e. The molecule has 1 N–H and O–H groups in total. The zero-order valence-corrected chi connectivity index (χ0v) is 31.0. The summed E-state index contributed by atoms with van der Waals surface area (Å²) in [6.45, 7) is 25.8. The Labute approximate surface area is 275 Å². The number of carbonyl (C=O) groups excluding carboxylic acids is 1. The van der Waals surface area contributed by atoms with E-state index in [1.54, 1.807) is 11.1 Å². The molecule has 1 saturated carbocycles. The zero-order chi connectivity index (χ0) is 32.4. The van der Waals surface area contributed by atoms with Crippen LogP contribution in [0.3, 0.4) is 0 Å². The van der Waals surface area contributed by atoms with Crippen molar-refractivity contribution in [1.82, 2.24) is 5.32 Å². The molecule has 0 spiro atoms. The van der Waals surface area contributed by atoms with Gasteiger partial charge in [0, 0.05) is 16.0 Å². The van der Waals surface area contributed by atoms with E-state index in [0.717, 1.165) is 47.1 Å². The van der Waals surface area contributed by atoms with E-state index >= 15 is 0 Å². The quantitative estimate of drug-likeness (QED) is 0.223. The second kappa shape index (κ2) is 22.1. The van der Waals surface area contributed by atoms with Gasteiger partial charge in [-0.15, -0.1) is 0 Å². The molecule has 1 aliphatic heterocycles. The van der Waals surface area contributed by atoms with Crippen molar-refractivity contribution in [3.8, 4) is 0 Å². The molecule has 2 fully saturated rings. The maximum absolute atomic E-state index is 12.3. The molecule has 1 aromatic rings. The van der Waals surface area contributed by atoms with Gasteiger partial charge in [-0.25, -0.2) is 0 Å². The van der Waals surface area contributed by atoms with Gasteiger partial charge < -0.3 is 5.32 Å². The Bertz CT molecular complexity index is 1010. The number of rotatable bonds is 8. The van der Waals surface area contributed by atoms with Crippen molar-refractivity contribution in [2.75, 3.05) is 13.1 Å². The number of halogens is 1. The average molecular weight is 657 g/mol. The molecule has 3 atom stereocenters. The van der Waals surface area contributed by atoms with Gasteiger partial charge >= 0.3 is 0 Å². The minimum atomic E-state index is 0.106. The summed E-state index contributed by atoms with van der Waals surface area (Å²) in [5, 5.41) is 3.43. The number of hydrogen-bond donors (Lipinski definition) is 1. The fourth-order valence-corrected chi connectivity index (χ4v) is 6.24. The highest BCUT2D eigenvalue weighted by molar-refractivity contribution is 9.10. The van der Waals surface area contributed by atoms with Crippen molar-refractivity contribution in [1.29, 1.82) is 0 Å². The van der Waals surface area contributed by atoms with Crippen molar-refractivity contribution in [2.45, 2.75) is 133 Å². The Balaban J connectivity index is 0.000000309. The van der Waals surface area contributed by atoms with Crippen LogP contribution in [0.1, 0.15) is 142 Å². The van der Waals surface area contributed by atoms with Gasteiger partial charge in [0.2, 0.25) is 0 Å². The van der Waals surface area contributed by atoms with Gasteiger partial charge in [0.1, 0.15) is 0 Å². The number of hydrogen-bond acceptors (Lipinski definition) is 2. The Kier molecular flexibility index (Phi) is 20.4. The summed E-state index contributed by atoms with van der Waals surface area (Å²) in [6.07, 6.45) is 18.9. The first kappa shape index (κ1) is 39.6. The van der Waals surface area contributed by atoms with E-state index < -0.39 is 0 Å². The number of Topliss-reactive ketones (excluding diaryl/α,β-unsaturated/α-hetero) is 1. The molecule has 3 heteroatoms. The third kappa shape index (κ3) is 14.9. The molecule has 2 aliphatic carbocycles. The van der Waals surface area contributed by atoms with E-state index in [1.807, 2.05) is 19.1 Å². The average Bonchev–Trinajstić information content (AvgIpc) is 3.49. The second-order valence-corrected chi connectivity index (χ2v) is 14.4. The molecule has 4 rings (SSSR count). The van der Waals surface area contributed by atoms with E-state index in [2.05, 4.69) is 101 Å². The van der Waals surface area contributed by atoms with E-state index in [4.69, 9.17) is 0 Å². The maximum atomic E-state index is 12.3. The number of nitrogens with one attached hydrogen (secondary N) is 1. The lowest BCUT2D eigenvalue weighted by Crippen LogP contribution is -2.28. The van der Waals surface area contributed by atoms with Crippen LogP contribution in [-0.2, 0) is 6.42 Å². The molecule has 1 saturated heterocycles. The highest BCUT2D eigenvalue weighted by Gasteiger charge is 2.20. The third-order valence-electron chi connectivity index (χ3n) is 9.71. The van der Waals surface area contributed by atoms with Crippen LogP contribution in [0.15, 0.2) is 58.1 Å². The zero-order valence-electron chi connectivity index (χ0n) is 29.5. The highest BCUT2D eigenvalue weighted by Crippen LogP contribution is 2.31. The van der Waals surface area contributed by atoms with Crippen LogP contribution in [0.5, 0.6) is 0 Å². The summed E-state index contributed by atoms with van der Waals surface area (Å²) in [7, 11) is 0. The second-order valence-electron chi connectivity index (χ2n) is 13.5. The number of aryl methyl sites for hydroxylation is 1. The third-order valence-corrected chi connectivity index (χ3v) is 10.4. The Morgan fingerprint density at radius 2 is 1.60 bits per heavy atom. The van der Waals surface area contributed by atoms with Crippen LogP contribution in [0.25, 0.3) is 0 Å². The molecule has 3 unspecified atom stereocenters. The summed E-state index contributed by atoms with van der Waals surface area (Å²) in [4.78, 5) is 12.3. The molecule has 1 heterocycles. The fraction of sp³-hybridized carbons (Fsp3) is 0.675. The Hall–Kier alpha value is -1.45. The van der Waals surface area contributed by atoms with Crippen LogP contribution in [-0.4, -0.2) is 18.9 Å². The van der Waals surface area contributed by atoms with Crippen LogP contribution in [0.4, 0.5) is 0 Å². The van der Waals surface area contributed by atoms with E-state index in [-0.39, 0.29) is 11.7 Å². The van der Waals surface area contributed by atoms with Crippen LogP contribution in [0, 0.1) is 29.6 Å². The number of allylic oxidation sites excluding steroid dienone is 5. The van der Waals surface area contributed by atoms with E-state index in [1.165, 1.54) is 75.6 Å². The van der Waals surface area contributed by atoms with Gasteiger partial charge in [-0.1, -0.05) is 139 Å². The van der Waals surface area contributed by atoms with Gasteiger partial charge in [-0.2, -0.15) is 0 Å².